The summed E-state index contributed by atoms with van der Waals surface area (Å²) in [4.78, 5) is 13.9. The molecule has 22 heavy (non-hydrogen) atoms. The van der Waals surface area contributed by atoms with Gasteiger partial charge in [-0.25, -0.2) is 0 Å². The van der Waals surface area contributed by atoms with E-state index in [9.17, 15) is 4.79 Å². The molecule has 0 bridgehead atoms. The maximum atomic E-state index is 12.2. The zero-order valence-electron chi connectivity index (χ0n) is 13.2. The topological polar surface area (TPSA) is 50.8 Å². The lowest BCUT2D eigenvalue weighted by molar-refractivity contribution is 0.0679. The van der Waals surface area contributed by atoms with Crippen molar-refractivity contribution >= 4 is 18.3 Å². The third-order valence-electron chi connectivity index (χ3n) is 3.61. The number of halogens is 1. The molecule has 1 atom stereocenters. The van der Waals surface area contributed by atoms with E-state index in [1.807, 2.05) is 38.4 Å². The molecule has 5 nitrogen and oxygen atoms in total. The number of carbonyl (C=O) groups excluding carboxylic acids is 1. The molecule has 1 aliphatic heterocycles. The summed E-state index contributed by atoms with van der Waals surface area (Å²) >= 11 is 0. The zero-order chi connectivity index (χ0) is 15.1. The summed E-state index contributed by atoms with van der Waals surface area (Å²) < 4.78 is 11.2. The highest BCUT2D eigenvalue weighted by Gasteiger charge is 2.16. The Morgan fingerprint density at radius 2 is 2.14 bits per heavy atom. The lowest BCUT2D eigenvalue weighted by Gasteiger charge is -2.17. The lowest BCUT2D eigenvalue weighted by atomic mass is 10.2. The van der Waals surface area contributed by atoms with Gasteiger partial charge < -0.3 is 19.7 Å². The fourth-order valence-electron chi connectivity index (χ4n) is 2.26. The largest absolute Gasteiger partial charge is 0.491 e. The van der Waals surface area contributed by atoms with E-state index in [1.54, 1.807) is 4.90 Å². The molecule has 1 amide bonds. The van der Waals surface area contributed by atoms with Crippen molar-refractivity contribution < 1.29 is 14.3 Å². The molecule has 1 heterocycles. The molecule has 2 rings (SSSR count). The van der Waals surface area contributed by atoms with Crippen LogP contribution in [-0.2, 0) is 4.74 Å². The third-order valence-corrected chi connectivity index (χ3v) is 3.61. The van der Waals surface area contributed by atoms with Crippen molar-refractivity contribution in [3.8, 4) is 5.75 Å². The first-order valence-corrected chi connectivity index (χ1v) is 7.45. The highest BCUT2D eigenvalue weighted by Crippen LogP contribution is 2.17. The van der Waals surface area contributed by atoms with Crippen LogP contribution in [0.5, 0.6) is 5.75 Å². The second-order valence-corrected chi connectivity index (χ2v) is 5.30. The van der Waals surface area contributed by atoms with Crippen molar-refractivity contribution in [3.63, 3.8) is 0 Å². The number of benzene rings is 1. The first-order valence-electron chi connectivity index (χ1n) is 7.45. The van der Waals surface area contributed by atoms with Crippen molar-refractivity contribution in [3.05, 3.63) is 29.8 Å². The lowest BCUT2D eigenvalue weighted by Crippen LogP contribution is -2.32. The molecule has 0 saturated carbocycles. The SMILES string of the molecule is CNCCN(C)C(=O)c1ccc(OCC2CCCO2)cc1.Cl. The molecule has 0 aliphatic carbocycles. The Morgan fingerprint density at radius 3 is 2.73 bits per heavy atom. The van der Waals surface area contributed by atoms with Crippen LogP contribution < -0.4 is 10.1 Å². The predicted molar refractivity (Wildman–Crippen MR) is 89.0 cm³/mol. The quantitative estimate of drug-likeness (QED) is 0.831. The molecular formula is C16H25ClN2O3. The van der Waals surface area contributed by atoms with E-state index in [-0.39, 0.29) is 24.4 Å². The zero-order valence-corrected chi connectivity index (χ0v) is 14.0. The smallest absolute Gasteiger partial charge is 0.253 e. The predicted octanol–water partition coefficient (Wildman–Crippen LogP) is 1.96. The highest BCUT2D eigenvalue weighted by molar-refractivity contribution is 5.94. The number of carbonyl (C=O) groups is 1. The van der Waals surface area contributed by atoms with Crippen molar-refractivity contribution in [1.82, 2.24) is 10.2 Å². The van der Waals surface area contributed by atoms with Crippen LogP contribution in [0.4, 0.5) is 0 Å². The van der Waals surface area contributed by atoms with Crippen molar-refractivity contribution in [2.75, 3.05) is 40.4 Å². The van der Waals surface area contributed by atoms with Crippen LogP contribution in [-0.4, -0.2) is 57.3 Å². The van der Waals surface area contributed by atoms with Crippen LogP contribution in [0, 0.1) is 0 Å². The number of ether oxygens (including phenoxy) is 2. The van der Waals surface area contributed by atoms with Crippen molar-refractivity contribution in [2.24, 2.45) is 0 Å². The molecule has 1 saturated heterocycles. The molecule has 0 spiro atoms. The van der Waals surface area contributed by atoms with E-state index in [2.05, 4.69) is 5.32 Å². The summed E-state index contributed by atoms with van der Waals surface area (Å²) in [5, 5.41) is 3.03. The molecule has 1 aromatic rings. The fourth-order valence-corrected chi connectivity index (χ4v) is 2.26. The van der Waals surface area contributed by atoms with Gasteiger partial charge in [-0.1, -0.05) is 0 Å². The number of hydrogen-bond acceptors (Lipinski definition) is 4. The van der Waals surface area contributed by atoms with E-state index >= 15 is 0 Å². The molecule has 1 fully saturated rings. The average molecular weight is 329 g/mol. The summed E-state index contributed by atoms with van der Waals surface area (Å²) in [7, 11) is 3.68. The minimum Gasteiger partial charge on any atom is -0.491 e. The summed E-state index contributed by atoms with van der Waals surface area (Å²) in [6.07, 6.45) is 2.38. The van der Waals surface area contributed by atoms with Gasteiger partial charge in [-0.05, 0) is 44.2 Å². The molecule has 124 valence electrons. The summed E-state index contributed by atoms with van der Waals surface area (Å²) in [5.41, 5.74) is 0.679. The number of nitrogens with zero attached hydrogens (tertiary/aromatic N) is 1. The van der Waals surface area contributed by atoms with Gasteiger partial charge in [-0.3, -0.25) is 4.79 Å². The third kappa shape index (κ3) is 5.48. The van der Waals surface area contributed by atoms with E-state index in [1.165, 1.54) is 0 Å². The molecule has 1 unspecified atom stereocenters. The fraction of sp³-hybridized carbons (Fsp3) is 0.562. The molecule has 1 aromatic carbocycles. The van der Waals surface area contributed by atoms with Crippen LogP contribution >= 0.6 is 12.4 Å². The van der Waals surface area contributed by atoms with Gasteiger partial charge in [0.05, 0.1) is 6.10 Å². The van der Waals surface area contributed by atoms with Crippen LogP contribution in [0.1, 0.15) is 23.2 Å². The first-order chi connectivity index (χ1) is 10.2. The van der Waals surface area contributed by atoms with Crippen LogP contribution in [0.3, 0.4) is 0 Å². The van der Waals surface area contributed by atoms with Crippen LogP contribution in [0.25, 0.3) is 0 Å². The van der Waals surface area contributed by atoms with Crippen molar-refractivity contribution in [2.45, 2.75) is 18.9 Å². The number of rotatable bonds is 7. The van der Waals surface area contributed by atoms with Gasteiger partial charge in [0.1, 0.15) is 12.4 Å². The van der Waals surface area contributed by atoms with Crippen LogP contribution in [0.2, 0.25) is 0 Å². The van der Waals surface area contributed by atoms with Crippen molar-refractivity contribution in [1.29, 1.82) is 0 Å². The second-order valence-electron chi connectivity index (χ2n) is 5.30. The minimum atomic E-state index is 0. The molecule has 0 aromatic heterocycles. The first kappa shape index (κ1) is 18.7. The Kier molecular flexibility index (Phi) is 8.24. The monoisotopic (exact) mass is 328 g/mol. The number of likely N-dealkylation sites (N-methyl/N-ethyl adjacent to an activating group) is 2. The standard InChI is InChI=1S/C16H24N2O3.ClH/c1-17-9-10-18(2)16(19)13-5-7-14(8-6-13)21-12-15-4-3-11-20-15;/h5-8,15,17H,3-4,9-12H2,1-2H3;1H. The van der Waals surface area contributed by atoms with Gasteiger partial charge in [0.2, 0.25) is 0 Å². The van der Waals surface area contributed by atoms with E-state index in [0.717, 1.165) is 31.7 Å². The summed E-state index contributed by atoms with van der Waals surface area (Å²) in [6, 6.07) is 7.30. The van der Waals surface area contributed by atoms with E-state index in [0.29, 0.717) is 18.7 Å². The molecule has 6 heteroatoms. The van der Waals surface area contributed by atoms with Gasteiger partial charge in [-0.2, -0.15) is 0 Å². The molecule has 1 aliphatic rings. The summed E-state index contributed by atoms with van der Waals surface area (Å²) in [6.45, 7) is 2.88. The number of nitrogens with one attached hydrogen (secondary N) is 1. The Hall–Kier alpha value is -1.30. The molecular weight excluding hydrogens is 304 g/mol. The maximum Gasteiger partial charge on any atom is 0.253 e. The Labute approximate surface area is 138 Å². The summed E-state index contributed by atoms with van der Waals surface area (Å²) in [5.74, 6) is 0.802. The Morgan fingerprint density at radius 1 is 1.41 bits per heavy atom. The van der Waals surface area contributed by atoms with Gasteiger partial charge >= 0.3 is 0 Å². The average Bonchev–Trinajstić information content (AvgIpc) is 3.04. The number of hydrogen-bond donors (Lipinski definition) is 1. The molecule has 0 radical (unpaired) electrons. The molecule has 1 N–H and O–H groups in total. The Bertz CT molecular complexity index is 447. The maximum absolute atomic E-state index is 12.2. The van der Waals surface area contributed by atoms with Gasteiger partial charge in [0, 0.05) is 32.3 Å². The van der Waals surface area contributed by atoms with Gasteiger partial charge in [0.25, 0.3) is 5.91 Å². The second kappa shape index (κ2) is 9.66. The van der Waals surface area contributed by atoms with Gasteiger partial charge in [-0.15, -0.1) is 12.4 Å². The number of amides is 1. The highest BCUT2D eigenvalue weighted by atomic mass is 35.5. The van der Waals surface area contributed by atoms with Crippen LogP contribution in [0.15, 0.2) is 24.3 Å². The normalized spacial score (nSPS) is 16.9. The van der Waals surface area contributed by atoms with E-state index in [4.69, 9.17) is 9.47 Å². The minimum absolute atomic E-state index is 0. The van der Waals surface area contributed by atoms with E-state index < -0.39 is 0 Å². The van der Waals surface area contributed by atoms with Gasteiger partial charge in [0.15, 0.2) is 0 Å². The Balaban J connectivity index is 0.00000242.